The van der Waals surface area contributed by atoms with Crippen molar-refractivity contribution < 1.29 is 4.74 Å². The molecule has 1 unspecified atom stereocenters. The predicted molar refractivity (Wildman–Crippen MR) is 82.3 cm³/mol. The molecule has 0 spiro atoms. The van der Waals surface area contributed by atoms with Gasteiger partial charge in [0.2, 0.25) is 0 Å². The van der Waals surface area contributed by atoms with Crippen LogP contribution in [0.1, 0.15) is 43.2 Å². The van der Waals surface area contributed by atoms with Crippen LogP contribution in [0.3, 0.4) is 0 Å². The lowest BCUT2D eigenvalue weighted by Gasteiger charge is -2.17. The molecule has 1 heterocycles. The molecule has 2 rings (SSSR count). The zero-order valence-electron chi connectivity index (χ0n) is 12.0. The molecule has 2 aromatic rings. The van der Waals surface area contributed by atoms with Gasteiger partial charge in [-0.25, -0.2) is 0 Å². The van der Waals surface area contributed by atoms with Gasteiger partial charge in [0.05, 0.1) is 23.7 Å². The molecular formula is C15H21N3OS. The Hall–Kier alpha value is -1.46. The molecule has 4 nitrogen and oxygen atoms in total. The van der Waals surface area contributed by atoms with Crippen LogP contribution in [-0.4, -0.2) is 22.7 Å². The van der Waals surface area contributed by atoms with E-state index in [1.54, 1.807) is 0 Å². The molecule has 0 saturated heterocycles. The van der Waals surface area contributed by atoms with Gasteiger partial charge < -0.3 is 10.1 Å². The summed E-state index contributed by atoms with van der Waals surface area (Å²) < 4.78 is 9.58. The van der Waals surface area contributed by atoms with Gasteiger partial charge in [-0.1, -0.05) is 30.5 Å². The van der Waals surface area contributed by atoms with Crippen molar-refractivity contribution >= 4 is 11.5 Å². The van der Waals surface area contributed by atoms with Crippen LogP contribution in [0.15, 0.2) is 30.5 Å². The van der Waals surface area contributed by atoms with Crippen molar-refractivity contribution in [2.45, 2.75) is 32.7 Å². The second-order valence-corrected chi connectivity index (χ2v) is 5.44. The number of aromatic nitrogens is 2. The maximum absolute atomic E-state index is 5.62. The van der Waals surface area contributed by atoms with E-state index in [1.807, 2.05) is 18.3 Å². The molecule has 0 bridgehead atoms. The highest BCUT2D eigenvalue weighted by Crippen LogP contribution is 2.25. The average Bonchev–Trinajstić information content (AvgIpc) is 3.01. The van der Waals surface area contributed by atoms with Gasteiger partial charge in [-0.3, -0.25) is 0 Å². The molecule has 1 atom stereocenters. The molecule has 0 fully saturated rings. The van der Waals surface area contributed by atoms with E-state index in [1.165, 1.54) is 17.1 Å². The van der Waals surface area contributed by atoms with E-state index < -0.39 is 0 Å². The lowest BCUT2D eigenvalue weighted by atomic mass is 10.1. The van der Waals surface area contributed by atoms with Crippen LogP contribution in [0.25, 0.3) is 0 Å². The fourth-order valence-electron chi connectivity index (χ4n) is 1.95. The molecule has 108 valence electrons. The molecule has 0 aliphatic heterocycles. The second kappa shape index (κ2) is 7.97. The average molecular weight is 291 g/mol. The van der Waals surface area contributed by atoms with Crippen LogP contribution in [-0.2, 0) is 0 Å². The Bertz CT molecular complexity index is 484. The molecular weight excluding hydrogens is 270 g/mol. The van der Waals surface area contributed by atoms with Crippen molar-refractivity contribution in [3.63, 3.8) is 0 Å². The molecule has 5 heteroatoms. The first-order chi connectivity index (χ1) is 9.85. The minimum absolute atomic E-state index is 0.162. The van der Waals surface area contributed by atoms with E-state index in [-0.39, 0.29) is 6.04 Å². The van der Waals surface area contributed by atoms with Crippen molar-refractivity contribution in [1.29, 1.82) is 0 Å². The van der Waals surface area contributed by atoms with Crippen molar-refractivity contribution in [2.24, 2.45) is 0 Å². The van der Waals surface area contributed by atoms with Gasteiger partial charge >= 0.3 is 0 Å². The van der Waals surface area contributed by atoms with Gasteiger partial charge in [0, 0.05) is 0 Å². The summed E-state index contributed by atoms with van der Waals surface area (Å²) in [7, 11) is 0. The van der Waals surface area contributed by atoms with Crippen LogP contribution in [0.2, 0.25) is 0 Å². The van der Waals surface area contributed by atoms with Crippen molar-refractivity contribution in [2.75, 3.05) is 13.2 Å². The number of hydrogen-bond acceptors (Lipinski definition) is 5. The van der Waals surface area contributed by atoms with Crippen molar-refractivity contribution in [3.05, 3.63) is 40.9 Å². The summed E-state index contributed by atoms with van der Waals surface area (Å²) in [6.07, 6.45) is 3.95. The van der Waals surface area contributed by atoms with Crippen LogP contribution in [0.4, 0.5) is 0 Å². The Morgan fingerprint density at radius 1 is 1.20 bits per heavy atom. The third-order valence-corrected chi connectivity index (χ3v) is 3.68. The number of hydrogen-bond donors (Lipinski definition) is 1. The highest BCUT2D eigenvalue weighted by molar-refractivity contribution is 7.05. The predicted octanol–water partition coefficient (Wildman–Crippen LogP) is 3.42. The normalized spacial score (nSPS) is 12.3. The Balaban J connectivity index is 2.12. The summed E-state index contributed by atoms with van der Waals surface area (Å²) in [6.45, 7) is 6.00. The maximum Gasteiger partial charge on any atom is 0.119 e. The smallest absolute Gasteiger partial charge is 0.119 e. The lowest BCUT2D eigenvalue weighted by Crippen LogP contribution is -2.22. The van der Waals surface area contributed by atoms with Crippen LogP contribution < -0.4 is 10.1 Å². The van der Waals surface area contributed by atoms with Crippen LogP contribution >= 0.6 is 11.5 Å². The number of benzene rings is 1. The molecule has 1 aromatic carbocycles. The third kappa shape index (κ3) is 4.02. The fraction of sp³-hybridized carbons (Fsp3) is 0.467. The standard InChI is InChI=1S/C15H21N3OS/c1-3-9-16-15(14-11-17-18-20-14)12-5-7-13(8-6-12)19-10-4-2/h5-8,11,15-16H,3-4,9-10H2,1-2H3. The van der Waals surface area contributed by atoms with E-state index in [4.69, 9.17) is 4.74 Å². The molecule has 0 amide bonds. The first-order valence-electron chi connectivity index (χ1n) is 7.08. The zero-order valence-corrected chi connectivity index (χ0v) is 12.8. The summed E-state index contributed by atoms with van der Waals surface area (Å²) in [6, 6.07) is 8.44. The third-order valence-electron chi connectivity index (χ3n) is 2.95. The first kappa shape index (κ1) is 14.9. The minimum Gasteiger partial charge on any atom is -0.494 e. The van der Waals surface area contributed by atoms with Gasteiger partial charge in [0.1, 0.15) is 5.75 Å². The first-order valence-corrected chi connectivity index (χ1v) is 7.85. The number of nitrogens with zero attached hydrogens (tertiary/aromatic N) is 2. The minimum atomic E-state index is 0.162. The highest BCUT2D eigenvalue weighted by atomic mass is 32.1. The van der Waals surface area contributed by atoms with Crippen LogP contribution in [0, 0.1) is 0 Å². The second-order valence-electron chi connectivity index (χ2n) is 4.62. The van der Waals surface area contributed by atoms with Gasteiger partial charge in [0.25, 0.3) is 0 Å². The lowest BCUT2D eigenvalue weighted by molar-refractivity contribution is 0.317. The summed E-state index contributed by atoms with van der Waals surface area (Å²) in [5.74, 6) is 0.923. The van der Waals surface area contributed by atoms with Crippen LogP contribution in [0.5, 0.6) is 5.75 Å². The number of rotatable bonds is 8. The Labute approximate surface area is 124 Å². The molecule has 0 saturated carbocycles. The zero-order chi connectivity index (χ0) is 14.2. The molecule has 1 N–H and O–H groups in total. The molecule has 0 aliphatic carbocycles. The number of ether oxygens (including phenoxy) is 1. The van der Waals surface area contributed by atoms with Gasteiger partial charge in [0.15, 0.2) is 0 Å². The fourth-order valence-corrected chi connectivity index (χ4v) is 2.56. The SMILES string of the molecule is CCCNC(c1ccc(OCCC)cc1)c1cnns1. The van der Waals surface area contributed by atoms with Gasteiger partial charge in [-0.2, -0.15) is 0 Å². The van der Waals surface area contributed by atoms with Gasteiger partial charge in [-0.15, -0.1) is 5.10 Å². The topological polar surface area (TPSA) is 47.0 Å². The van der Waals surface area contributed by atoms with E-state index in [0.717, 1.165) is 36.6 Å². The summed E-state index contributed by atoms with van der Waals surface area (Å²) in [5, 5.41) is 7.48. The Morgan fingerprint density at radius 3 is 2.60 bits per heavy atom. The number of nitrogens with one attached hydrogen (secondary N) is 1. The van der Waals surface area contributed by atoms with Crippen molar-refractivity contribution in [1.82, 2.24) is 14.9 Å². The Kier molecular flexibility index (Phi) is 5.95. The van der Waals surface area contributed by atoms with Gasteiger partial charge in [-0.05, 0) is 48.6 Å². The summed E-state index contributed by atoms with van der Waals surface area (Å²) in [5.41, 5.74) is 1.22. The van der Waals surface area contributed by atoms with E-state index in [2.05, 4.69) is 40.9 Å². The molecule has 20 heavy (non-hydrogen) atoms. The quantitative estimate of drug-likeness (QED) is 0.809. The molecule has 0 radical (unpaired) electrons. The summed E-state index contributed by atoms with van der Waals surface area (Å²) >= 11 is 1.44. The maximum atomic E-state index is 5.62. The highest BCUT2D eigenvalue weighted by Gasteiger charge is 2.15. The Morgan fingerprint density at radius 2 is 2.00 bits per heavy atom. The summed E-state index contributed by atoms with van der Waals surface area (Å²) in [4.78, 5) is 1.14. The molecule has 0 aliphatic rings. The van der Waals surface area contributed by atoms with E-state index >= 15 is 0 Å². The van der Waals surface area contributed by atoms with Crippen molar-refractivity contribution in [3.8, 4) is 5.75 Å². The largest absolute Gasteiger partial charge is 0.494 e. The van der Waals surface area contributed by atoms with E-state index in [0.29, 0.717) is 0 Å². The monoisotopic (exact) mass is 291 g/mol. The molecule has 1 aromatic heterocycles. The van der Waals surface area contributed by atoms with E-state index in [9.17, 15) is 0 Å².